The Morgan fingerprint density at radius 2 is 1.83 bits per heavy atom. The van der Waals surface area contributed by atoms with Crippen molar-refractivity contribution in [3.05, 3.63) is 78.2 Å². The lowest BCUT2D eigenvalue weighted by Gasteiger charge is -2.35. The molecule has 16 heteroatoms. The predicted octanol–water partition coefficient (Wildman–Crippen LogP) is 3.91. The first-order chi connectivity index (χ1) is 28.3. The highest BCUT2D eigenvalue weighted by atomic mass is 16.5. The summed E-state index contributed by atoms with van der Waals surface area (Å²) >= 11 is 0. The zero-order valence-corrected chi connectivity index (χ0v) is 32.6. The molecule has 0 unspecified atom stereocenters. The van der Waals surface area contributed by atoms with E-state index < -0.39 is 0 Å². The number of likely N-dealkylation sites (tertiary alicyclic amines) is 2. The van der Waals surface area contributed by atoms with E-state index in [2.05, 4.69) is 42.4 Å². The van der Waals surface area contributed by atoms with Crippen LogP contribution in [-0.2, 0) is 14.4 Å². The molecule has 0 atom stereocenters. The second-order valence-corrected chi connectivity index (χ2v) is 15.2. The van der Waals surface area contributed by atoms with Crippen molar-refractivity contribution >= 4 is 64.1 Å². The van der Waals surface area contributed by atoms with Gasteiger partial charge < -0.3 is 35.5 Å². The number of aliphatic imine (C=N–C) groups is 1. The van der Waals surface area contributed by atoms with Crippen molar-refractivity contribution in [3.63, 3.8) is 0 Å². The maximum absolute atomic E-state index is 13.6. The normalized spacial score (nSPS) is 16.9. The number of anilines is 3. The molecular weight excluding hydrogens is 739 g/mol. The Morgan fingerprint density at radius 3 is 2.59 bits per heavy atom. The third kappa shape index (κ3) is 8.51. The molecule has 4 amide bonds. The fourth-order valence-electron chi connectivity index (χ4n) is 7.88. The van der Waals surface area contributed by atoms with Gasteiger partial charge in [-0.05, 0) is 74.9 Å². The lowest BCUT2D eigenvalue weighted by atomic mass is 10.0. The molecular formula is C42H49N11O5. The van der Waals surface area contributed by atoms with Crippen LogP contribution in [0.1, 0.15) is 66.9 Å². The second kappa shape index (κ2) is 17.1. The molecule has 5 aromatic rings. The minimum Gasteiger partial charge on any atom is -0.490 e. The fraction of sp³-hybridized carbons (Fsp3) is 0.405. The molecule has 2 saturated heterocycles. The molecule has 0 radical (unpaired) electrons. The van der Waals surface area contributed by atoms with Crippen LogP contribution in [0, 0.1) is 0 Å². The molecule has 302 valence electrons. The number of amides is 4. The number of nitrogens with two attached hydrogens (primary N) is 1. The predicted molar refractivity (Wildman–Crippen MR) is 221 cm³/mol. The first-order valence-electron chi connectivity index (χ1n) is 20.0. The van der Waals surface area contributed by atoms with Crippen molar-refractivity contribution in [3.8, 4) is 5.75 Å². The Morgan fingerprint density at radius 1 is 1.02 bits per heavy atom. The van der Waals surface area contributed by atoms with Gasteiger partial charge in [0.1, 0.15) is 5.75 Å². The molecule has 1 saturated carbocycles. The summed E-state index contributed by atoms with van der Waals surface area (Å²) in [7, 11) is 1.59. The Labute approximate surface area is 336 Å². The first kappa shape index (κ1) is 38.6. The van der Waals surface area contributed by atoms with Crippen molar-refractivity contribution in [1.82, 2.24) is 34.3 Å². The lowest BCUT2D eigenvalue weighted by molar-refractivity contribution is -0.133. The zero-order valence-electron chi connectivity index (χ0n) is 32.6. The number of fused-ring (bicyclic) bond motifs is 2. The van der Waals surface area contributed by atoms with Crippen LogP contribution in [0.4, 0.5) is 17.2 Å². The van der Waals surface area contributed by atoms with E-state index in [1.54, 1.807) is 53.3 Å². The van der Waals surface area contributed by atoms with E-state index in [4.69, 9.17) is 15.5 Å². The third-order valence-electron chi connectivity index (χ3n) is 11.4. The average molecular weight is 788 g/mol. The Hall–Kier alpha value is -6.29. The van der Waals surface area contributed by atoms with Crippen molar-refractivity contribution < 1.29 is 23.9 Å². The number of benzene rings is 2. The summed E-state index contributed by atoms with van der Waals surface area (Å²) in [4.78, 5) is 65.7. The summed E-state index contributed by atoms with van der Waals surface area (Å²) in [6, 6.07) is 15.3. The van der Waals surface area contributed by atoms with Gasteiger partial charge in [0.05, 0.1) is 41.7 Å². The van der Waals surface area contributed by atoms with Crippen LogP contribution < -0.4 is 26.0 Å². The van der Waals surface area contributed by atoms with Gasteiger partial charge in [0.15, 0.2) is 11.5 Å². The van der Waals surface area contributed by atoms with Crippen LogP contribution in [0.25, 0.3) is 16.6 Å². The van der Waals surface area contributed by atoms with Crippen LogP contribution in [0.5, 0.6) is 5.75 Å². The quantitative estimate of drug-likeness (QED) is 0.0854. The van der Waals surface area contributed by atoms with Crippen LogP contribution in [0.2, 0.25) is 0 Å². The first-order valence-corrected chi connectivity index (χ1v) is 20.0. The summed E-state index contributed by atoms with van der Waals surface area (Å²) < 4.78 is 9.93. The lowest BCUT2D eigenvalue weighted by Crippen LogP contribution is -2.46. The van der Waals surface area contributed by atoms with Crippen molar-refractivity contribution in [2.75, 3.05) is 62.3 Å². The Kier molecular flexibility index (Phi) is 11.3. The Bertz CT molecular complexity index is 2330. The van der Waals surface area contributed by atoms with Gasteiger partial charge in [-0.2, -0.15) is 9.61 Å². The fourth-order valence-corrected chi connectivity index (χ4v) is 7.88. The smallest absolute Gasteiger partial charge is 0.260 e. The summed E-state index contributed by atoms with van der Waals surface area (Å²) in [5, 5.41) is 10.8. The molecule has 8 rings (SSSR count). The SMILES string of the molecule is CNC(=O)CCN(C=O)c1cccc2c1ccn2C1CCN(CC(=O)N2CCC(N=Cc3cc(C(=O)Nc4cnc5cccnn45)c(OC4CC4)cc3N)CC2)CC1. The largest absolute Gasteiger partial charge is 0.490 e. The number of carbonyl (C=O) groups excluding carboxylic acids is 4. The highest BCUT2D eigenvalue weighted by Crippen LogP contribution is 2.34. The van der Waals surface area contributed by atoms with Gasteiger partial charge in [-0.25, -0.2) is 4.98 Å². The number of piperidine rings is 2. The van der Waals surface area contributed by atoms with Gasteiger partial charge in [-0.3, -0.25) is 29.1 Å². The third-order valence-corrected chi connectivity index (χ3v) is 11.4. The van der Waals surface area contributed by atoms with E-state index in [-0.39, 0.29) is 42.3 Å². The number of aromatic nitrogens is 4. The average Bonchev–Trinajstić information content (AvgIpc) is 3.81. The molecule has 0 bridgehead atoms. The molecule has 3 aromatic heterocycles. The molecule has 5 heterocycles. The molecule has 16 nitrogen and oxygen atoms in total. The molecule has 3 aliphatic rings. The van der Waals surface area contributed by atoms with E-state index in [0.29, 0.717) is 60.2 Å². The topological polar surface area (TPSA) is 185 Å². The van der Waals surface area contributed by atoms with Gasteiger partial charge in [-0.1, -0.05) is 6.07 Å². The van der Waals surface area contributed by atoms with E-state index in [9.17, 15) is 19.2 Å². The van der Waals surface area contributed by atoms with Crippen LogP contribution in [0.15, 0.2) is 72.1 Å². The van der Waals surface area contributed by atoms with E-state index >= 15 is 0 Å². The highest BCUT2D eigenvalue weighted by molar-refractivity contribution is 6.08. The van der Waals surface area contributed by atoms with E-state index in [1.165, 1.54) is 0 Å². The number of nitrogen functional groups attached to an aromatic ring is 1. The second-order valence-electron chi connectivity index (χ2n) is 15.2. The monoisotopic (exact) mass is 787 g/mol. The number of rotatable bonds is 14. The van der Waals surface area contributed by atoms with Crippen molar-refractivity contribution in [1.29, 1.82) is 0 Å². The van der Waals surface area contributed by atoms with Crippen LogP contribution >= 0.6 is 0 Å². The molecule has 4 N–H and O–H groups in total. The maximum Gasteiger partial charge on any atom is 0.260 e. The number of imidazole rings is 1. The van der Waals surface area contributed by atoms with Crippen LogP contribution in [-0.4, -0.2) is 118 Å². The number of ether oxygens (including phenoxy) is 1. The van der Waals surface area contributed by atoms with Gasteiger partial charge in [0.25, 0.3) is 5.91 Å². The number of hydrogen-bond donors (Lipinski definition) is 3. The van der Waals surface area contributed by atoms with Gasteiger partial charge in [-0.15, -0.1) is 0 Å². The minimum atomic E-state index is -0.361. The summed E-state index contributed by atoms with van der Waals surface area (Å²) in [6.45, 7) is 3.56. The summed E-state index contributed by atoms with van der Waals surface area (Å²) in [5.41, 5.74) is 10.4. The number of nitrogens with one attached hydrogen (secondary N) is 2. The molecule has 58 heavy (non-hydrogen) atoms. The molecule has 2 aliphatic heterocycles. The molecule has 3 fully saturated rings. The van der Waals surface area contributed by atoms with Crippen molar-refractivity contribution in [2.45, 2.75) is 63.1 Å². The van der Waals surface area contributed by atoms with E-state index in [0.717, 1.165) is 74.6 Å². The summed E-state index contributed by atoms with van der Waals surface area (Å²) in [5.74, 6) is 0.532. The molecule has 1 aliphatic carbocycles. The summed E-state index contributed by atoms with van der Waals surface area (Å²) in [6.07, 6.45) is 13.2. The highest BCUT2D eigenvalue weighted by Gasteiger charge is 2.29. The maximum atomic E-state index is 13.6. The number of nitrogens with zero attached hydrogens (tertiary/aromatic N) is 8. The Balaban J connectivity index is 0.838. The van der Waals surface area contributed by atoms with Crippen LogP contribution in [0.3, 0.4) is 0 Å². The molecule has 2 aromatic carbocycles. The standard InChI is InChI=1S/C42H49N11O5/c1-44-40(55)14-20-51(27-54)35-4-2-5-36-32(35)13-21-52(36)30-11-16-49(17-12-30)26-41(56)50-18-9-29(10-19-50)45-24-28-22-33(37(23-34(28)43)58-31-7-8-31)42(57)48-39-25-46-38-6-3-15-47-53(38)39/h2-6,13,15,21-25,27,29-31H,7-12,14,16-20,26,43H2,1H3,(H,44,55)(H,48,57). The van der Waals surface area contributed by atoms with Gasteiger partial charge in [0, 0.05) is 93.5 Å². The van der Waals surface area contributed by atoms with E-state index in [1.807, 2.05) is 29.2 Å². The zero-order chi connectivity index (χ0) is 40.2. The number of hydrogen-bond acceptors (Lipinski definition) is 10. The van der Waals surface area contributed by atoms with Crippen molar-refractivity contribution in [2.24, 2.45) is 4.99 Å². The number of carbonyl (C=O) groups is 4. The van der Waals surface area contributed by atoms with Gasteiger partial charge in [0.2, 0.25) is 18.2 Å². The minimum absolute atomic E-state index is 0.0226. The van der Waals surface area contributed by atoms with Gasteiger partial charge >= 0.3 is 0 Å². The molecule has 0 spiro atoms.